The molecule has 0 bridgehead atoms. The van der Waals surface area contributed by atoms with Crippen molar-refractivity contribution in [2.24, 2.45) is 5.92 Å². The van der Waals surface area contributed by atoms with Crippen LogP contribution in [-0.4, -0.2) is 34.2 Å². The van der Waals surface area contributed by atoms with E-state index in [-0.39, 0.29) is 12.8 Å². The first-order valence-electron chi connectivity index (χ1n) is 6.71. The number of rotatable bonds is 6. The van der Waals surface area contributed by atoms with Gasteiger partial charge in [0.05, 0.1) is 17.9 Å². The lowest BCUT2D eigenvalue weighted by molar-refractivity contribution is -0.161. The zero-order valence-electron chi connectivity index (χ0n) is 13.5. The molecule has 0 aromatic carbocycles. The van der Waals surface area contributed by atoms with Crippen molar-refractivity contribution < 1.29 is 29.1 Å². The molecule has 2 N–H and O–H groups in total. The van der Waals surface area contributed by atoms with Crippen LogP contribution in [-0.2, 0) is 24.0 Å². The predicted octanol–water partition coefficient (Wildman–Crippen LogP) is 1.66. The second-order valence-corrected chi connectivity index (χ2v) is 6.77. The molecule has 122 valence electrons. The highest BCUT2D eigenvalue weighted by Gasteiger charge is 2.27. The van der Waals surface area contributed by atoms with Crippen molar-refractivity contribution in [2.45, 2.75) is 65.6 Å². The number of hydroxylamine groups is 1. The minimum absolute atomic E-state index is 0.356. The van der Waals surface area contributed by atoms with Crippen molar-refractivity contribution in [2.75, 3.05) is 0 Å². The van der Waals surface area contributed by atoms with Gasteiger partial charge in [-0.3, -0.25) is 19.2 Å². The molecule has 0 aliphatic heterocycles. The number of hydrogen-bond acceptors (Lipinski definition) is 5. The second-order valence-electron chi connectivity index (χ2n) is 6.77. The summed E-state index contributed by atoms with van der Waals surface area (Å²) in [6.07, 6.45) is -0.722. The Morgan fingerprint density at radius 3 is 1.90 bits per heavy atom. The van der Waals surface area contributed by atoms with Crippen LogP contribution >= 0.6 is 0 Å². The van der Waals surface area contributed by atoms with Gasteiger partial charge in [0.25, 0.3) is 0 Å². The molecular formula is C14H25NO6. The molecule has 0 aromatic heterocycles. The van der Waals surface area contributed by atoms with Gasteiger partial charge in [-0.05, 0) is 41.5 Å². The van der Waals surface area contributed by atoms with Crippen LogP contribution in [0.2, 0.25) is 0 Å². The van der Waals surface area contributed by atoms with E-state index >= 15 is 0 Å². The molecule has 0 aromatic rings. The maximum atomic E-state index is 11.6. The lowest BCUT2D eigenvalue weighted by Gasteiger charge is -2.21. The van der Waals surface area contributed by atoms with Gasteiger partial charge in [-0.15, -0.1) is 0 Å². The molecule has 0 aliphatic carbocycles. The van der Waals surface area contributed by atoms with Crippen molar-refractivity contribution in [3.05, 3.63) is 0 Å². The number of carboxylic acid groups (broad SMARTS) is 1. The zero-order valence-corrected chi connectivity index (χ0v) is 13.5. The Morgan fingerprint density at radius 1 is 1.00 bits per heavy atom. The largest absolute Gasteiger partial charge is 0.481 e. The van der Waals surface area contributed by atoms with Gasteiger partial charge < -0.3 is 9.84 Å². The lowest BCUT2D eigenvalue weighted by Crippen LogP contribution is -2.36. The van der Waals surface area contributed by atoms with E-state index in [4.69, 9.17) is 14.7 Å². The Morgan fingerprint density at radius 2 is 1.52 bits per heavy atom. The molecule has 7 nitrogen and oxygen atoms in total. The first-order valence-corrected chi connectivity index (χ1v) is 6.71. The number of ether oxygens (including phenoxy) is 1. The number of nitrogens with one attached hydrogen (secondary N) is 1. The number of aliphatic carboxylic acids is 1. The molecular weight excluding hydrogens is 278 g/mol. The summed E-state index contributed by atoms with van der Waals surface area (Å²) in [6, 6.07) is 0. The van der Waals surface area contributed by atoms with Crippen LogP contribution in [0.3, 0.4) is 0 Å². The van der Waals surface area contributed by atoms with Crippen LogP contribution in [0.5, 0.6) is 0 Å². The van der Waals surface area contributed by atoms with Crippen LogP contribution in [0, 0.1) is 5.92 Å². The topological polar surface area (TPSA) is 102 Å². The van der Waals surface area contributed by atoms with Crippen molar-refractivity contribution in [3.63, 3.8) is 0 Å². The molecule has 0 aliphatic rings. The molecule has 7 heteroatoms. The Balaban J connectivity index is 4.47. The summed E-state index contributed by atoms with van der Waals surface area (Å²) in [4.78, 5) is 39.4. The number of amides is 1. The quantitative estimate of drug-likeness (QED) is 0.571. The van der Waals surface area contributed by atoms with Gasteiger partial charge in [0.2, 0.25) is 5.91 Å². The molecule has 0 saturated carbocycles. The summed E-state index contributed by atoms with van der Waals surface area (Å²) in [5.41, 5.74) is 0.895. The Labute approximate surface area is 124 Å². The van der Waals surface area contributed by atoms with Crippen LogP contribution in [0.15, 0.2) is 0 Å². The summed E-state index contributed by atoms with van der Waals surface area (Å²) in [5.74, 6) is -3.63. The number of carboxylic acids is 1. The van der Waals surface area contributed by atoms with Crippen LogP contribution in [0.25, 0.3) is 0 Å². The normalized spacial score (nSPS) is 13.4. The van der Waals surface area contributed by atoms with E-state index in [0.29, 0.717) is 0 Å². The molecule has 0 rings (SSSR count). The third-order valence-electron chi connectivity index (χ3n) is 2.09. The minimum Gasteiger partial charge on any atom is -0.481 e. The van der Waals surface area contributed by atoms with Crippen LogP contribution in [0.1, 0.15) is 54.4 Å². The maximum absolute atomic E-state index is 11.6. The van der Waals surface area contributed by atoms with Crippen molar-refractivity contribution >= 4 is 17.8 Å². The Kier molecular flexibility index (Phi) is 6.82. The molecule has 21 heavy (non-hydrogen) atoms. The van der Waals surface area contributed by atoms with Gasteiger partial charge in [0.1, 0.15) is 5.60 Å². The van der Waals surface area contributed by atoms with Crippen molar-refractivity contribution in [3.8, 4) is 0 Å². The SMILES string of the molecule is CC(C)(C)ONC(=O)C[C@H](CC(=O)OC(C)(C)C)C(=O)O. The number of hydrogen-bond donors (Lipinski definition) is 2. The first-order chi connectivity index (χ1) is 9.30. The van der Waals surface area contributed by atoms with E-state index < -0.39 is 35.0 Å². The van der Waals surface area contributed by atoms with E-state index in [1.165, 1.54) is 0 Å². The summed E-state index contributed by atoms with van der Waals surface area (Å²) < 4.78 is 5.05. The maximum Gasteiger partial charge on any atom is 0.307 e. The summed E-state index contributed by atoms with van der Waals surface area (Å²) >= 11 is 0. The third kappa shape index (κ3) is 10.8. The third-order valence-corrected chi connectivity index (χ3v) is 2.09. The molecule has 0 heterocycles. The predicted molar refractivity (Wildman–Crippen MR) is 75.2 cm³/mol. The molecule has 1 amide bonds. The average Bonchev–Trinajstić information content (AvgIpc) is 2.21. The molecule has 0 spiro atoms. The standard InChI is InChI=1S/C14H25NO6/c1-13(2,3)20-11(17)8-9(12(18)19)7-10(16)15-21-14(4,5)6/h9H,7-8H2,1-6H3,(H,15,16)(H,18,19)/t9-/m1/s1. The van der Waals surface area contributed by atoms with Gasteiger partial charge in [-0.1, -0.05) is 0 Å². The van der Waals surface area contributed by atoms with E-state index in [1.807, 2.05) is 0 Å². The number of carbonyl (C=O) groups excluding carboxylic acids is 2. The lowest BCUT2D eigenvalue weighted by atomic mass is 10.0. The summed E-state index contributed by atoms with van der Waals surface area (Å²) in [6.45, 7) is 10.3. The molecule has 0 radical (unpaired) electrons. The van der Waals surface area contributed by atoms with Crippen LogP contribution < -0.4 is 5.48 Å². The first kappa shape index (κ1) is 19.4. The Hall–Kier alpha value is -1.63. The molecule has 0 saturated heterocycles. The molecule has 1 atom stereocenters. The molecule has 0 unspecified atom stereocenters. The van der Waals surface area contributed by atoms with Crippen molar-refractivity contribution in [1.29, 1.82) is 0 Å². The number of esters is 1. The van der Waals surface area contributed by atoms with Gasteiger partial charge in [0.15, 0.2) is 0 Å². The van der Waals surface area contributed by atoms with Crippen LogP contribution in [0.4, 0.5) is 0 Å². The van der Waals surface area contributed by atoms with Gasteiger partial charge in [-0.25, -0.2) is 5.48 Å². The fraction of sp³-hybridized carbons (Fsp3) is 0.786. The second kappa shape index (κ2) is 7.40. The monoisotopic (exact) mass is 303 g/mol. The highest BCUT2D eigenvalue weighted by molar-refractivity contribution is 5.85. The highest BCUT2D eigenvalue weighted by atomic mass is 16.7. The van der Waals surface area contributed by atoms with E-state index in [1.54, 1.807) is 41.5 Å². The summed E-state index contributed by atoms with van der Waals surface area (Å²) in [7, 11) is 0. The fourth-order valence-corrected chi connectivity index (χ4v) is 1.31. The molecule has 0 fully saturated rings. The minimum atomic E-state index is -1.23. The van der Waals surface area contributed by atoms with E-state index in [9.17, 15) is 14.4 Å². The summed E-state index contributed by atoms with van der Waals surface area (Å²) in [5, 5.41) is 9.07. The average molecular weight is 303 g/mol. The van der Waals surface area contributed by atoms with Crippen molar-refractivity contribution in [1.82, 2.24) is 5.48 Å². The number of carbonyl (C=O) groups is 3. The van der Waals surface area contributed by atoms with E-state index in [0.717, 1.165) is 0 Å². The van der Waals surface area contributed by atoms with Gasteiger partial charge in [0, 0.05) is 6.42 Å². The highest BCUT2D eigenvalue weighted by Crippen LogP contribution is 2.15. The zero-order chi connectivity index (χ0) is 16.8. The fourth-order valence-electron chi connectivity index (χ4n) is 1.31. The van der Waals surface area contributed by atoms with E-state index in [2.05, 4.69) is 5.48 Å². The Bertz CT molecular complexity index is 391. The smallest absolute Gasteiger partial charge is 0.307 e. The van der Waals surface area contributed by atoms with Gasteiger partial charge >= 0.3 is 11.9 Å². The van der Waals surface area contributed by atoms with Gasteiger partial charge in [-0.2, -0.15) is 0 Å².